The molecular formula is C26H28ClN5O3. The average molecular weight is 494 g/mol. The van der Waals surface area contributed by atoms with Crippen LogP contribution in [-0.2, 0) is 17.9 Å². The van der Waals surface area contributed by atoms with Crippen LogP contribution in [0.4, 0.5) is 0 Å². The molecule has 0 unspecified atom stereocenters. The zero-order valence-electron chi connectivity index (χ0n) is 20.0. The number of hydrogen-bond acceptors (Lipinski definition) is 5. The number of nitrogens with one attached hydrogen (secondary N) is 1. The average Bonchev–Trinajstić information content (AvgIpc) is 3.53. The Kier molecular flexibility index (Phi) is 6.01. The van der Waals surface area contributed by atoms with Gasteiger partial charge < -0.3 is 10.1 Å². The van der Waals surface area contributed by atoms with Gasteiger partial charge in [0, 0.05) is 22.5 Å². The van der Waals surface area contributed by atoms with Gasteiger partial charge in [-0.1, -0.05) is 29.8 Å². The molecule has 0 atom stereocenters. The summed E-state index contributed by atoms with van der Waals surface area (Å²) < 4.78 is 8.89. The molecule has 9 heteroatoms. The predicted octanol–water partition coefficient (Wildman–Crippen LogP) is 4.15. The molecule has 1 aliphatic rings. The fraction of sp³-hybridized carbons (Fsp3) is 0.385. The first-order chi connectivity index (χ1) is 16.7. The van der Waals surface area contributed by atoms with Gasteiger partial charge in [-0.25, -0.2) is 4.68 Å². The van der Waals surface area contributed by atoms with Crippen LogP contribution in [0, 0.1) is 5.92 Å². The normalized spacial score (nSPS) is 13.9. The van der Waals surface area contributed by atoms with Gasteiger partial charge in [0.15, 0.2) is 0 Å². The van der Waals surface area contributed by atoms with Crippen molar-refractivity contribution >= 4 is 39.2 Å². The molecule has 1 saturated carbocycles. The summed E-state index contributed by atoms with van der Waals surface area (Å²) in [6.45, 7) is 6.52. The maximum Gasteiger partial charge on any atom is 0.275 e. The Labute approximate surface area is 207 Å². The number of rotatable bonds is 7. The number of ether oxygens (including phenoxy) is 1. The van der Waals surface area contributed by atoms with E-state index >= 15 is 0 Å². The second kappa shape index (κ2) is 9.00. The van der Waals surface area contributed by atoms with Crippen molar-refractivity contribution in [2.75, 3.05) is 6.61 Å². The highest BCUT2D eigenvalue weighted by atomic mass is 35.5. The monoisotopic (exact) mass is 493 g/mol. The molecule has 2 aromatic carbocycles. The number of hydrogen-bond donors (Lipinski definition) is 1. The number of carbonyl (C=O) groups excluding carboxylic acids is 1. The van der Waals surface area contributed by atoms with Gasteiger partial charge in [-0.3, -0.25) is 14.3 Å². The van der Waals surface area contributed by atoms with E-state index < -0.39 is 5.54 Å². The van der Waals surface area contributed by atoms with E-state index in [1.807, 2.05) is 45.2 Å². The molecular weight excluding hydrogens is 466 g/mol. The third-order valence-corrected chi connectivity index (χ3v) is 6.14. The minimum Gasteiger partial charge on any atom is -0.492 e. The van der Waals surface area contributed by atoms with E-state index in [4.69, 9.17) is 16.3 Å². The van der Waals surface area contributed by atoms with Gasteiger partial charge in [-0.2, -0.15) is 10.2 Å². The van der Waals surface area contributed by atoms with Gasteiger partial charge in [-0.15, -0.1) is 0 Å². The minimum atomic E-state index is -0.405. The van der Waals surface area contributed by atoms with Crippen molar-refractivity contribution in [3.05, 3.63) is 63.7 Å². The van der Waals surface area contributed by atoms with Crippen molar-refractivity contribution < 1.29 is 9.53 Å². The van der Waals surface area contributed by atoms with Crippen LogP contribution in [0.5, 0.6) is 5.75 Å². The molecule has 1 aliphatic carbocycles. The largest absolute Gasteiger partial charge is 0.492 e. The Morgan fingerprint density at radius 3 is 2.63 bits per heavy atom. The summed E-state index contributed by atoms with van der Waals surface area (Å²) in [5, 5.41) is 14.8. The van der Waals surface area contributed by atoms with E-state index in [2.05, 4.69) is 15.5 Å². The van der Waals surface area contributed by atoms with Crippen LogP contribution >= 0.6 is 11.6 Å². The standard InChI is InChI=1S/C26H28ClN5O3/c1-26(2,3)28-24(33)14-32-25(34)19-7-5-4-6-18(19)22(30-32)13-31-12-17-10-23(35-15-16-8-9-16)20(27)11-21(17)29-31/h4-7,10-12,16H,8-9,13-15H2,1-3H3,(H,28,33). The summed E-state index contributed by atoms with van der Waals surface area (Å²) in [4.78, 5) is 25.5. The first kappa shape index (κ1) is 23.4. The number of amides is 1. The summed E-state index contributed by atoms with van der Waals surface area (Å²) in [7, 11) is 0. The maximum absolute atomic E-state index is 13.0. The van der Waals surface area contributed by atoms with Gasteiger partial charge in [-0.05, 0) is 57.7 Å². The molecule has 2 heterocycles. The van der Waals surface area contributed by atoms with Crippen molar-refractivity contribution in [2.45, 2.75) is 52.2 Å². The summed E-state index contributed by atoms with van der Waals surface area (Å²) in [6.07, 6.45) is 4.32. The Hall–Kier alpha value is -3.39. The number of aromatic nitrogens is 4. The summed E-state index contributed by atoms with van der Waals surface area (Å²) in [5.74, 6) is 1.02. The number of nitrogens with zero attached hydrogens (tertiary/aromatic N) is 4. The topological polar surface area (TPSA) is 91.0 Å². The second-order valence-corrected chi connectivity index (χ2v) is 10.6. The first-order valence-electron chi connectivity index (χ1n) is 11.8. The number of halogens is 1. The lowest BCUT2D eigenvalue weighted by atomic mass is 10.1. The Balaban J connectivity index is 1.47. The minimum absolute atomic E-state index is 0.160. The Morgan fingerprint density at radius 1 is 1.17 bits per heavy atom. The van der Waals surface area contributed by atoms with Crippen LogP contribution < -0.4 is 15.6 Å². The van der Waals surface area contributed by atoms with Crippen molar-refractivity contribution in [1.82, 2.24) is 24.9 Å². The van der Waals surface area contributed by atoms with E-state index in [0.29, 0.717) is 40.9 Å². The smallest absolute Gasteiger partial charge is 0.275 e. The molecule has 35 heavy (non-hydrogen) atoms. The molecule has 0 bridgehead atoms. The first-order valence-corrected chi connectivity index (χ1v) is 12.1. The fourth-order valence-corrected chi connectivity index (χ4v) is 4.25. The zero-order chi connectivity index (χ0) is 24.7. The van der Waals surface area contributed by atoms with Crippen LogP contribution in [0.1, 0.15) is 39.3 Å². The van der Waals surface area contributed by atoms with Crippen molar-refractivity contribution in [2.24, 2.45) is 5.92 Å². The van der Waals surface area contributed by atoms with Crippen LogP contribution in [0.2, 0.25) is 5.02 Å². The molecule has 4 aromatic rings. The van der Waals surface area contributed by atoms with E-state index in [0.717, 1.165) is 16.3 Å². The Morgan fingerprint density at radius 2 is 1.91 bits per heavy atom. The molecule has 8 nitrogen and oxygen atoms in total. The molecule has 1 amide bonds. The van der Waals surface area contributed by atoms with Gasteiger partial charge in [0.2, 0.25) is 5.91 Å². The number of fused-ring (bicyclic) bond motifs is 2. The quantitative estimate of drug-likeness (QED) is 0.417. The summed E-state index contributed by atoms with van der Waals surface area (Å²) >= 11 is 6.42. The lowest BCUT2D eigenvalue weighted by Gasteiger charge is -2.20. The predicted molar refractivity (Wildman–Crippen MR) is 136 cm³/mol. The van der Waals surface area contributed by atoms with Crippen LogP contribution in [0.25, 0.3) is 21.7 Å². The van der Waals surface area contributed by atoms with Crippen molar-refractivity contribution in [3.8, 4) is 5.75 Å². The van der Waals surface area contributed by atoms with Gasteiger partial charge in [0.1, 0.15) is 12.3 Å². The molecule has 0 spiro atoms. The second-order valence-electron chi connectivity index (χ2n) is 10.2. The molecule has 182 valence electrons. The van der Waals surface area contributed by atoms with Gasteiger partial charge in [0.05, 0.1) is 34.8 Å². The summed E-state index contributed by atoms with van der Waals surface area (Å²) in [6, 6.07) is 11.0. The molecule has 0 saturated heterocycles. The van der Waals surface area contributed by atoms with E-state index in [1.54, 1.807) is 22.9 Å². The van der Waals surface area contributed by atoms with Crippen LogP contribution in [-0.4, -0.2) is 37.6 Å². The SMILES string of the molecule is CC(C)(C)NC(=O)Cn1nc(Cn2cc3cc(OCC4CC4)c(Cl)cc3n2)c2ccccc2c1=O. The molecule has 1 fully saturated rings. The van der Waals surface area contributed by atoms with Crippen molar-refractivity contribution in [1.29, 1.82) is 0 Å². The summed E-state index contributed by atoms with van der Waals surface area (Å²) in [5.41, 5.74) is 0.685. The highest BCUT2D eigenvalue weighted by Gasteiger charge is 2.23. The van der Waals surface area contributed by atoms with Crippen LogP contribution in [0.15, 0.2) is 47.4 Å². The number of carbonyl (C=O) groups is 1. The lowest BCUT2D eigenvalue weighted by molar-refractivity contribution is -0.123. The van der Waals surface area contributed by atoms with E-state index in [9.17, 15) is 9.59 Å². The highest BCUT2D eigenvalue weighted by molar-refractivity contribution is 6.32. The van der Waals surface area contributed by atoms with E-state index in [-0.39, 0.29) is 18.0 Å². The van der Waals surface area contributed by atoms with E-state index in [1.165, 1.54) is 17.5 Å². The van der Waals surface area contributed by atoms with Crippen molar-refractivity contribution in [3.63, 3.8) is 0 Å². The third kappa shape index (κ3) is 5.32. The highest BCUT2D eigenvalue weighted by Crippen LogP contribution is 2.33. The maximum atomic E-state index is 13.0. The molecule has 0 aliphatic heterocycles. The van der Waals surface area contributed by atoms with Gasteiger partial charge >= 0.3 is 0 Å². The van der Waals surface area contributed by atoms with Gasteiger partial charge in [0.25, 0.3) is 5.56 Å². The lowest BCUT2D eigenvalue weighted by Crippen LogP contribution is -2.44. The third-order valence-electron chi connectivity index (χ3n) is 5.84. The number of benzene rings is 2. The molecule has 0 radical (unpaired) electrons. The molecule has 2 aromatic heterocycles. The molecule has 1 N–H and O–H groups in total. The van der Waals surface area contributed by atoms with Crippen LogP contribution in [0.3, 0.4) is 0 Å². The Bertz CT molecular complexity index is 1480. The molecule has 5 rings (SSSR count). The fourth-order valence-electron chi connectivity index (χ4n) is 4.04. The zero-order valence-corrected chi connectivity index (χ0v) is 20.8.